The maximum atomic E-state index is 9.83. The summed E-state index contributed by atoms with van der Waals surface area (Å²) < 4.78 is 10.1. The number of hydrogen-bond donors (Lipinski definition) is 9. The molecule has 1 heterocycles. The summed E-state index contributed by atoms with van der Waals surface area (Å²) >= 11 is 0. The lowest BCUT2D eigenvalue weighted by Crippen LogP contribution is -2.61. The van der Waals surface area contributed by atoms with E-state index in [2.05, 4.69) is 0 Å². The molecular weight excluding hydrogens is 336 g/mol. The molecule has 0 bridgehead atoms. The quantitative estimate of drug-likeness (QED) is 0.197. The van der Waals surface area contributed by atoms with Crippen molar-refractivity contribution >= 4 is 0 Å². The number of aliphatic hydroxyl groups is 9. The van der Waals surface area contributed by atoms with Gasteiger partial charge in [0, 0.05) is 0 Å². The summed E-state index contributed by atoms with van der Waals surface area (Å²) in [5.41, 5.74) is 0. The summed E-state index contributed by atoms with van der Waals surface area (Å²) in [5.74, 6) is 0. The van der Waals surface area contributed by atoms with Crippen molar-refractivity contribution in [2.45, 2.75) is 55.1 Å². The largest absolute Gasteiger partial charge is 0.412 e. The zero-order valence-corrected chi connectivity index (χ0v) is 12.7. The van der Waals surface area contributed by atoms with Crippen molar-refractivity contribution in [3.05, 3.63) is 0 Å². The minimum absolute atomic E-state index is 0. The Bertz CT molecular complexity index is 342. The van der Waals surface area contributed by atoms with Gasteiger partial charge >= 0.3 is 0 Å². The second-order valence-electron chi connectivity index (χ2n) is 5.29. The molecule has 12 nitrogen and oxygen atoms in total. The molecule has 1 aliphatic heterocycles. The Morgan fingerprint density at radius 2 is 1.38 bits per heavy atom. The van der Waals surface area contributed by atoms with Crippen LogP contribution in [0.2, 0.25) is 0 Å². The highest BCUT2D eigenvalue weighted by Crippen LogP contribution is 2.24. The minimum Gasteiger partial charge on any atom is -0.412 e. The van der Waals surface area contributed by atoms with Crippen LogP contribution in [0, 0.1) is 0 Å². The molecule has 11 N–H and O–H groups in total. The molecule has 1 aliphatic rings. The molecule has 0 aromatic carbocycles. The molecule has 0 saturated carbocycles. The fourth-order valence-corrected chi connectivity index (χ4v) is 2.16. The van der Waals surface area contributed by atoms with Gasteiger partial charge in [-0.15, -0.1) is 0 Å². The van der Waals surface area contributed by atoms with Crippen LogP contribution in [0.15, 0.2) is 0 Å². The standard InChI is InChI=1S/C12H24O11.H2O/c13-1-4(16)7(18)11(5(17)2-14)23-12-10(21)9(20)8(19)6(3-15)22-12;/h4-21H,1-3H2;1H2/t4-,5+,6+,7+,8-,9-,10+,11+,12?;/m0./s1. The van der Waals surface area contributed by atoms with Crippen LogP contribution in [0.3, 0.4) is 0 Å². The van der Waals surface area contributed by atoms with E-state index in [1.807, 2.05) is 0 Å². The van der Waals surface area contributed by atoms with Gasteiger partial charge in [0.1, 0.15) is 48.8 Å². The molecular formula is C12H26O12. The lowest BCUT2D eigenvalue weighted by Gasteiger charge is -2.42. The van der Waals surface area contributed by atoms with Crippen LogP contribution in [-0.4, -0.2) is 126 Å². The van der Waals surface area contributed by atoms with Crippen LogP contribution >= 0.6 is 0 Å². The molecule has 1 unspecified atom stereocenters. The van der Waals surface area contributed by atoms with Gasteiger partial charge in [-0.2, -0.15) is 0 Å². The van der Waals surface area contributed by atoms with Crippen LogP contribution < -0.4 is 0 Å². The van der Waals surface area contributed by atoms with Crippen LogP contribution in [0.4, 0.5) is 0 Å². The lowest BCUT2D eigenvalue weighted by molar-refractivity contribution is -0.327. The first-order valence-electron chi connectivity index (χ1n) is 7.00. The van der Waals surface area contributed by atoms with Gasteiger partial charge in [0.05, 0.1) is 19.8 Å². The number of aliphatic hydroxyl groups excluding tert-OH is 9. The topological polar surface area (TPSA) is 232 Å². The second-order valence-corrected chi connectivity index (χ2v) is 5.29. The highest BCUT2D eigenvalue weighted by Gasteiger charge is 2.46. The third-order valence-corrected chi connectivity index (χ3v) is 3.62. The predicted octanol–water partition coefficient (Wildman–Crippen LogP) is -6.59. The summed E-state index contributed by atoms with van der Waals surface area (Å²) in [6.07, 6.45) is -15.1. The van der Waals surface area contributed by atoms with Crippen molar-refractivity contribution in [3.8, 4) is 0 Å². The van der Waals surface area contributed by atoms with E-state index in [4.69, 9.17) is 24.8 Å². The van der Waals surface area contributed by atoms with Crippen LogP contribution in [-0.2, 0) is 9.47 Å². The van der Waals surface area contributed by atoms with Crippen LogP contribution in [0.1, 0.15) is 0 Å². The second kappa shape index (κ2) is 10.5. The first-order valence-corrected chi connectivity index (χ1v) is 7.00. The smallest absolute Gasteiger partial charge is 0.187 e. The monoisotopic (exact) mass is 362 g/mol. The van der Waals surface area contributed by atoms with E-state index in [0.29, 0.717) is 0 Å². The third-order valence-electron chi connectivity index (χ3n) is 3.62. The fourth-order valence-electron chi connectivity index (χ4n) is 2.16. The maximum Gasteiger partial charge on any atom is 0.187 e. The Labute approximate surface area is 137 Å². The molecule has 0 aromatic rings. The Morgan fingerprint density at radius 3 is 1.83 bits per heavy atom. The molecule has 1 fully saturated rings. The molecule has 12 heteroatoms. The van der Waals surface area contributed by atoms with Gasteiger partial charge in [-0.25, -0.2) is 0 Å². The van der Waals surface area contributed by atoms with Gasteiger partial charge in [0.25, 0.3) is 0 Å². The Hall–Kier alpha value is -0.480. The SMILES string of the molecule is O.OC[C@@H](O)[C@@H](OC1O[C@H](CO)[C@H](O)[C@H](O)[C@H]1O)[C@H](O)[C@@H](O)CO. The molecule has 24 heavy (non-hydrogen) atoms. The average Bonchev–Trinajstić information content (AvgIpc) is 2.57. The number of hydrogen-bond acceptors (Lipinski definition) is 11. The molecule has 0 radical (unpaired) electrons. The average molecular weight is 362 g/mol. The summed E-state index contributed by atoms with van der Waals surface area (Å²) in [4.78, 5) is 0. The van der Waals surface area contributed by atoms with Crippen molar-refractivity contribution in [2.75, 3.05) is 19.8 Å². The van der Waals surface area contributed by atoms with Crippen molar-refractivity contribution in [3.63, 3.8) is 0 Å². The van der Waals surface area contributed by atoms with Crippen molar-refractivity contribution < 1.29 is 60.9 Å². The highest BCUT2D eigenvalue weighted by molar-refractivity contribution is 4.91. The van der Waals surface area contributed by atoms with E-state index in [1.54, 1.807) is 0 Å². The molecule has 146 valence electrons. The predicted molar refractivity (Wildman–Crippen MR) is 74.4 cm³/mol. The van der Waals surface area contributed by atoms with Gasteiger partial charge in [0.15, 0.2) is 6.29 Å². The van der Waals surface area contributed by atoms with Gasteiger partial charge in [-0.1, -0.05) is 0 Å². The Balaban J connectivity index is 0.00000529. The Kier molecular flexibility index (Phi) is 10.3. The van der Waals surface area contributed by atoms with Gasteiger partial charge in [-0.05, 0) is 0 Å². The van der Waals surface area contributed by atoms with E-state index >= 15 is 0 Å². The molecule has 0 aromatic heterocycles. The number of rotatable bonds is 8. The maximum absolute atomic E-state index is 9.83. The fraction of sp³-hybridized carbons (Fsp3) is 1.00. The lowest BCUT2D eigenvalue weighted by atomic mass is 9.98. The van der Waals surface area contributed by atoms with E-state index in [1.165, 1.54) is 0 Å². The van der Waals surface area contributed by atoms with Gasteiger partial charge in [0.2, 0.25) is 0 Å². The number of ether oxygens (including phenoxy) is 2. The molecule has 0 aliphatic carbocycles. The van der Waals surface area contributed by atoms with Crippen LogP contribution in [0.25, 0.3) is 0 Å². The van der Waals surface area contributed by atoms with E-state index in [9.17, 15) is 30.6 Å². The first kappa shape index (κ1) is 23.5. The molecule has 1 saturated heterocycles. The normalized spacial score (nSPS) is 35.6. The van der Waals surface area contributed by atoms with E-state index in [-0.39, 0.29) is 5.48 Å². The highest BCUT2D eigenvalue weighted by atomic mass is 16.7. The summed E-state index contributed by atoms with van der Waals surface area (Å²) in [6, 6.07) is 0. The van der Waals surface area contributed by atoms with E-state index < -0.39 is 74.9 Å². The van der Waals surface area contributed by atoms with Crippen molar-refractivity contribution in [1.82, 2.24) is 0 Å². The van der Waals surface area contributed by atoms with Crippen LogP contribution in [0.5, 0.6) is 0 Å². The molecule has 1 rings (SSSR count). The van der Waals surface area contributed by atoms with Crippen molar-refractivity contribution in [2.24, 2.45) is 0 Å². The minimum atomic E-state index is -1.85. The first-order chi connectivity index (χ1) is 10.8. The van der Waals surface area contributed by atoms with Gasteiger partial charge < -0.3 is 60.9 Å². The summed E-state index contributed by atoms with van der Waals surface area (Å²) in [5, 5.41) is 84.9. The van der Waals surface area contributed by atoms with Crippen molar-refractivity contribution in [1.29, 1.82) is 0 Å². The van der Waals surface area contributed by atoms with Gasteiger partial charge in [-0.3, -0.25) is 0 Å². The summed E-state index contributed by atoms with van der Waals surface area (Å²) in [7, 11) is 0. The van der Waals surface area contributed by atoms with E-state index in [0.717, 1.165) is 0 Å². The Morgan fingerprint density at radius 1 is 0.833 bits per heavy atom. The summed E-state index contributed by atoms with van der Waals surface area (Å²) in [6.45, 7) is -2.45. The zero-order chi connectivity index (χ0) is 17.7. The molecule has 0 amide bonds. The molecule has 0 spiro atoms. The third kappa shape index (κ3) is 5.26. The molecule has 9 atom stereocenters. The zero-order valence-electron chi connectivity index (χ0n) is 12.7.